The van der Waals surface area contributed by atoms with Crippen LogP contribution in [0.4, 0.5) is 0 Å². The molecule has 5 rings (SSSR count). The number of rotatable bonds is 3. The van der Waals surface area contributed by atoms with Gasteiger partial charge in [0, 0.05) is 5.56 Å². The molecule has 4 fully saturated rings. The Morgan fingerprint density at radius 3 is 2.05 bits per heavy atom. The fraction of sp³-hybridized carbons (Fsp3) is 0.684. The average Bonchev–Trinajstić information content (AvgIpc) is 2.36. The first-order valence-electron chi connectivity index (χ1n) is 8.41. The maximum Gasteiger partial charge on any atom is 0.123 e. The molecule has 0 saturated heterocycles. The molecule has 4 bridgehead atoms. The topological polar surface area (TPSA) is 9.23 Å². The Hall–Kier alpha value is -0.980. The summed E-state index contributed by atoms with van der Waals surface area (Å²) < 4.78 is 6.13. The summed E-state index contributed by atoms with van der Waals surface area (Å²) in [5.41, 5.74) is 1.97. The van der Waals surface area contributed by atoms with E-state index in [1.54, 1.807) is 0 Å². The summed E-state index contributed by atoms with van der Waals surface area (Å²) in [6.07, 6.45) is 9.03. The van der Waals surface area contributed by atoms with E-state index in [0.29, 0.717) is 5.41 Å². The lowest BCUT2D eigenvalue weighted by atomic mass is 9.48. The van der Waals surface area contributed by atoms with Crippen LogP contribution in [0.25, 0.3) is 0 Å². The second-order valence-electron chi connectivity index (χ2n) is 7.86. The van der Waals surface area contributed by atoms with Crippen LogP contribution in [0.3, 0.4) is 0 Å². The van der Waals surface area contributed by atoms with Crippen molar-refractivity contribution in [2.24, 2.45) is 17.8 Å². The van der Waals surface area contributed by atoms with Crippen molar-refractivity contribution in [1.82, 2.24) is 0 Å². The SMILES string of the molecule is CC(C)Oc1ccccc1C12CC3CC(CC(C3)C1)C2. The van der Waals surface area contributed by atoms with Crippen LogP contribution in [0.1, 0.15) is 57.9 Å². The van der Waals surface area contributed by atoms with Crippen molar-refractivity contribution >= 4 is 0 Å². The number of ether oxygens (including phenoxy) is 1. The van der Waals surface area contributed by atoms with Gasteiger partial charge in [0.2, 0.25) is 0 Å². The van der Waals surface area contributed by atoms with E-state index in [9.17, 15) is 0 Å². The largest absolute Gasteiger partial charge is 0.491 e. The first-order chi connectivity index (χ1) is 9.64. The molecule has 108 valence electrons. The van der Waals surface area contributed by atoms with Gasteiger partial charge in [0.1, 0.15) is 5.75 Å². The molecule has 4 aliphatic carbocycles. The third kappa shape index (κ3) is 1.98. The van der Waals surface area contributed by atoms with E-state index in [2.05, 4.69) is 38.1 Å². The Kier molecular flexibility index (Phi) is 2.87. The summed E-state index contributed by atoms with van der Waals surface area (Å²) in [7, 11) is 0. The van der Waals surface area contributed by atoms with Gasteiger partial charge in [-0.3, -0.25) is 0 Å². The molecule has 0 amide bonds. The van der Waals surface area contributed by atoms with Crippen LogP contribution in [0.15, 0.2) is 24.3 Å². The highest BCUT2D eigenvalue weighted by Gasteiger charge is 2.52. The van der Waals surface area contributed by atoms with E-state index in [0.717, 1.165) is 23.5 Å². The van der Waals surface area contributed by atoms with Crippen molar-refractivity contribution in [1.29, 1.82) is 0 Å². The van der Waals surface area contributed by atoms with Crippen molar-refractivity contribution in [3.05, 3.63) is 29.8 Å². The van der Waals surface area contributed by atoms with Gasteiger partial charge in [-0.1, -0.05) is 18.2 Å². The summed E-state index contributed by atoms with van der Waals surface area (Å²) in [4.78, 5) is 0. The molecule has 1 aromatic carbocycles. The van der Waals surface area contributed by atoms with Crippen LogP contribution in [0, 0.1) is 17.8 Å². The van der Waals surface area contributed by atoms with E-state index in [1.807, 2.05) is 0 Å². The van der Waals surface area contributed by atoms with E-state index in [4.69, 9.17) is 4.74 Å². The molecule has 4 aliphatic rings. The molecular formula is C19H26O. The zero-order valence-electron chi connectivity index (χ0n) is 12.8. The average molecular weight is 270 g/mol. The summed E-state index contributed by atoms with van der Waals surface area (Å²) in [5, 5.41) is 0. The van der Waals surface area contributed by atoms with Crippen molar-refractivity contribution in [3.63, 3.8) is 0 Å². The lowest BCUT2D eigenvalue weighted by molar-refractivity contribution is -0.00670. The van der Waals surface area contributed by atoms with E-state index in [1.165, 1.54) is 44.1 Å². The first kappa shape index (κ1) is 12.7. The first-order valence-corrected chi connectivity index (χ1v) is 8.41. The Labute approximate surface area is 122 Å². The maximum atomic E-state index is 6.13. The third-order valence-corrected chi connectivity index (χ3v) is 5.86. The number of hydrogen-bond donors (Lipinski definition) is 0. The molecule has 0 unspecified atom stereocenters. The van der Waals surface area contributed by atoms with E-state index < -0.39 is 0 Å². The van der Waals surface area contributed by atoms with Gasteiger partial charge in [0.15, 0.2) is 0 Å². The summed E-state index contributed by atoms with van der Waals surface area (Å²) in [6.45, 7) is 4.27. The third-order valence-electron chi connectivity index (χ3n) is 5.86. The normalized spacial score (nSPS) is 38.5. The van der Waals surface area contributed by atoms with Crippen LogP contribution in [-0.2, 0) is 5.41 Å². The molecular weight excluding hydrogens is 244 g/mol. The monoisotopic (exact) mass is 270 g/mol. The minimum absolute atomic E-state index is 0.269. The highest BCUT2D eigenvalue weighted by Crippen LogP contribution is 2.61. The van der Waals surface area contributed by atoms with E-state index >= 15 is 0 Å². The Morgan fingerprint density at radius 1 is 0.950 bits per heavy atom. The van der Waals surface area contributed by atoms with Crippen molar-refractivity contribution in [3.8, 4) is 5.75 Å². The highest BCUT2D eigenvalue weighted by atomic mass is 16.5. The molecule has 0 atom stereocenters. The van der Waals surface area contributed by atoms with E-state index in [-0.39, 0.29) is 6.10 Å². The molecule has 0 aromatic heterocycles. The molecule has 1 heteroatoms. The predicted molar refractivity (Wildman–Crippen MR) is 82.1 cm³/mol. The second-order valence-corrected chi connectivity index (χ2v) is 7.86. The van der Waals surface area contributed by atoms with Crippen LogP contribution in [0.5, 0.6) is 5.75 Å². The highest BCUT2D eigenvalue weighted by molar-refractivity contribution is 5.41. The van der Waals surface area contributed by atoms with Gasteiger partial charge in [-0.15, -0.1) is 0 Å². The quantitative estimate of drug-likeness (QED) is 0.755. The van der Waals surface area contributed by atoms with Gasteiger partial charge in [0.25, 0.3) is 0 Å². The minimum atomic E-state index is 0.269. The molecule has 20 heavy (non-hydrogen) atoms. The van der Waals surface area contributed by atoms with Gasteiger partial charge in [-0.25, -0.2) is 0 Å². The molecule has 4 saturated carbocycles. The van der Waals surface area contributed by atoms with Crippen molar-refractivity contribution in [2.45, 2.75) is 63.9 Å². The lowest BCUT2D eigenvalue weighted by Crippen LogP contribution is -2.48. The van der Waals surface area contributed by atoms with Crippen molar-refractivity contribution < 1.29 is 4.74 Å². The summed E-state index contributed by atoms with van der Waals surface area (Å²) in [6, 6.07) is 8.88. The smallest absolute Gasteiger partial charge is 0.123 e. The van der Waals surface area contributed by atoms with Crippen LogP contribution >= 0.6 is 0 Å². The molecule has 0 radical (unpaired) electrons. The summed E-state index contributed by atoms with van der Waals surface area (Å²) in [5.74, 6) is 4.14. The van der Waals surface area contributed by atoms with Gasteiger partial charge in [-0.2, -0.15) is 0 Å². The lowest BCUT2D eigenvalue weighted by Gasteiger charge is -2.57. The summed E-state index contributed by atoms with van der Waals surface area (Å²) >= 11 is 0. The van der Waals surface area contributed by atoms with Crippen LogP contribution in [0.2, 0.25) is 0 Å². The molecule has 0 aliphatic heterocycles. The molecule has 1 aromatic rings. The fourth-order valence-electron chi connectivity index (χ4n) is 5.70. The number of hydrogen-bond acceptors (Lipinski definition) is 1. The van der Waals surface area contributed by atoms with Gasteiger partial charge in [0.05, 0.1) is 6.10 Å². The van der Waals surface area contributed by atoms with Gasteiger partial charge < -0.3 is 4.74 Å². The Bertz CT molecular complexity index is 467. The Morgan fingerprint density at radius 2 is 1.50 bits per heavy atom. The fourth-order valence-corrected chi connectivity index (χ4v) is 5.70. The maximum absolute atomic E-state index is 6.13. The molecule has 0 heterocycles. The van der Waals surface area contributed by atoms with Crippen LogP contribution < -0.4 is 4.74 Å². The minimum Gasteiger partial charge on any atom is -0.491 e. The number of para-hydroxylation sites is 1. The zero-order valence-corrected chi connectivity index (χ0v) is 12.8. The van der Waals surface area contributed by atoms with Gasteiger partial charge >= 0.3 is 0 Å². The van der Waals surface area contributed by atoms with Crippen LogP contribution in [-0.4, -0.2) is 6.10 Å². The Balaban J connectivity index is 1.73. The second kappa shape index (κ2) is 4.51. The number of benzene rings is 1. The molecule has 1 nitrogen and oxygen atoms in total. The van der Waals surface area contributed by atoms with Crippen molar-refractivity contribution in [2.75, 3.05) is 0 Å². The standard InChI is InChI=1S/C19H26O/c1-13(2)20-18-6-4-3-5-17(18)19-10-14-7-15(11-19)9-16(8-14)12-19/h3-6,13-16H,7-12H2,1-2H3. The molecule has 0 N–H and O–H groups in total. The predicted octanol–water partition coefficient (Wildman–Crippen LogP) is 4.94. The zero-order chi connectivity index (χ0) is 13.7. The van der Waals surface area contributed by atoms with Gasteiger partial charge in [-0.05, 0) is 81.6 Å². The molecule has 0 spiro atoms.